The molecule has 0 saturated carbocycles. The fourth-order valence-electron chi connectivity index (χ4n) is 3.96. The molecule has 27 heavy (non-hydrogen) atoms. The van der Waals surface area contributed by atoms with Crippen LogP contribution in [0, 0.1) is 0 Å². The first-order valence-corrected chi connectivity index (χ1v) is 9.06. The van der Waals surface area contributed by atoms with E-state index in [0.717, 1.165) is 18.4 Å². The maximum Gasteiger partial charge on any atom is 0.270 e. The Labute approximate surface area is 156 Å². The lowest BCUT2D eigenvalue weighted by Crippen LogP contribution is -2.28. The van der Waals surface area contributed by atoms with Gasteiger partial charge in [-0.05, 0) is 30.5 Å². The molecule has 8 heteroatoms. The third-order valence-corrected chi connectivity index (χ3v) is 5.32. The smallest absolute Gasteiger partial charge is 0.270 e. The van der Waals surface area contributed by atoms with Crippen molar-refractivity contribution >= 4 is 11.7 Å². The molecule has 1 amide bonds. The summed E-state index contributed by atoms with van der Waals surface area (Å²) < 4.78 is 17.9. The summed E-state index contributed by atoms with van der Waals surface area (Å²) in [5.74, 6) is 1.31. The number of benzene rings is 1. The minimum Gasteiger partial charge on any atom is -0.493 e. The summed E-state index contributed by atoms with van der Waals surface area (Å²) in [6.45, 7) is 1.29. The van der Waals surface area contributed by atoms with E-state index in [-0.39, 0.29) is 29.8 Å². The van der Waals surface area contributed by atoms with E-state index in [0.29, 0.717) is 36.1 Å². The maximum absolute atomic E-state index is 12.8. The van der Waals surface area contributed by atoms with Gasteiger partial charge < -0.3 is 19.5 Å². The summed E-state index contributed by atoms with van der Waals surface area (Å²) in [6, 6.07) is 5.61. The molecule has 144 valence electrons. The molecule has 2 aliphatic rings. The molecule has 0 bridgehead atoms. The van der Waals surface area contributed by atoms with Gasteiger partial charge in [-0.25, -0.2) is 0 Å². The molecule has 1 saturated heterocycles. The van der Waals surface area contributed by atoms with E-state index in [1.165, 1.54) is 0 Å². The number of aromatic amines is 1. The number of nitrogens with one attached hydrogen (secondary N) is 2. The number of methoxy groups -OCH3 is 2. The second kappa shape index (κ2) is 7.11. The quantitative estimate of drug-likeness (QED) is 0.855. The molecular formula is C19H23N3O5. The molecule has 2 aromatic rings. The van der Waals surface area contributed by atoms with E-state index in [1.54, 1.807) is 20.3 Å². The van der Waals surface area contributed by atoms with Crippen LogP contribution in [0.4, 0.5) is 5.82 Å². The van der Waals surface area contributed by atoms with Crippen LogP contribution < -0.4 is 20.3 Å². The molecule has 8 nitrogen and oxygen atoms in total. The van der Waals surface area contributed by atoms with Gasteiger partial charge in [-0.15, -0.1) is 0 Å². The Bertz CT molecular complexity index is 911. The Morgan fingerprint density at radius 3 is 2.56 bits per heavy atom. The number of carbonyl (C=O) groups excluding carboxylic acids is 1. The SMILES string of the molecule is COc1ccc([C@H]2CC(=O)Nc3c2c(=O)[nH]n3C2CCOCC2)cc1OC. The first kappa shape index (κ1) is 17.7. The van der Waals surface area contributed by atoms with Crippen molar-refractivity contribution in [2.24, 2.45) is 0 Å². The number of aromatic nitrogens is 2. The number of carbonyl (C=O) groups is 1. The van der Waals surface area contributed by atoms with Crippen LogP contribution in [0.5, 0.6) is 11.5 Å². The summed E-state index contributed by atoms with van der Waals surface area (Å²) in [5, 5.41) is 5.82. The largest absolute Gasteiger partial charge is 0.493 e. The Kier molecular flexibility index (Phi) is 4.65. The Morgan fingerprint density at radius 2 is 1.85 bits per heavy atom. The van der Waals surface area contributed by atoms with Gasteiger partial charge >= 0.3 is 0 Å². The van der Waals surface area contributed by atoms with Crippen LogP contribution in [0.3, 0.4) is 0 Å². The molecular weight excluding hydrogens is 350 g/mol. The summed E-state index contributed by atoms with van der Waals surface area (Å²) in [4.78, 5) is 25.2. The number of fused-ring (bicyclic) bond motifs is 1. The standard InChI is InChI=1S/C19H23N3O5/c1-25-14-4-3-11(9-15(14)26-2)13-10-16(23)20-18-17(13)19(24)21-22(18)12-5-7-27-8-6-12/h3-4,9,12-13H,5-8,10H2,1-2H3,(H,20,23)(H,21,24)/t13-/m1/s1. The maximum atomic E-state index is 12.8. The molecule has 3 heterocycles. The normalized spacial score (nSPS) is 20.1. The lowest BCUT2D eigenvalue weighted by Gasteiger charge is -2.28. The summed E-state index contributed by atoms with van der Waals surface area (Å²) >= 11 is 0. The molecule has 2 N–H and O–H groups in total. The molecule has 2 aliphatic heterocycles. The highest BCUT2D eigenvalue weighted by molar-refractivity contribution is 5.94. The van der Waals surface area contributed by atoms with Crippen LogP contribution in [-0.4, -0.2) is 43.1 Å². The molecule has 4 rings (SSSR count). The van der Waals surface area contributed by atoms with E-state index < -0.39 is 0 Å². The first-order chi connectivity index (χ1) is 13.1. The van der Waals surface area contributed by atoms with E-state index in [2.05, 4.69) is 10.4 Å². The Morgan fingerprint density at radius 1 is 1.11 bits per heavy atom. The van der Waals surface area contributed by atoms with Crippen LogP contribution in [0.15, 0.2) is 23.0 Å². The van der Waals surface area contributed by atoms with Gasteiger partial charge in [0, 0.05) is 25.6 Å². The number of ether oxygens (including phenoxy) is 3. The topological polar surface area (TPSA) is 94.6 Å². The van der Waals surface area contributed by atoms with Crippen LogP contribution in [0.25, 0.3) is 0 Å². The molecule has 1 aromatic carbocycles. The van der Waals surface area contributed by atoms with Gasteiger partial charge in [0.25, 0.3) is 5.56 Å². The first-order valence-electron chi connectivity index (χ1n) is 9.06. The van der Waals surface area contributed by atoms with Gasteiger partial charge in [0.1, 0.15) is 5.82 Å². The third-order valence-electron chi connectivity index (χ3n) is 5.32. The highest BCUT2D eigenvalue weighted by Gasteiger charge is 2.34. The lowest BCUT2D eigenvalue weighted by molar-refractivity contribution is -0.116. The molecule has 0 unspecified atom stereocenters. The average Bonchev–Trinajstić information content (AvgIpc) is 3.03. The van der Waals surface area contributed by atoms with Crippen molar-refractivity contribution in [2.75, 3.05) is 32.8 Å². The van der Waals surface area contributed by atoms with Gasteiger partial charge in [-0.3, -0.25) is 19.4 Å². The zero-order valence-electron chi connectivity index (χ0n) is 15.4. The summed E-state index contributed by atoms with van der Waals surface area (Å²) in [7, 11) is 3.14. The Balaban J connectivity index is 1.78. The molecule has 0 radical (unpaired) electrons. The van der Waals surface area contributed by atoms with Crippen molar-refractivity contribution in [1.29, 1.82) is 0 Å². The van der Waals surface area contributed by atoms with Gasteiger partial charge in [-0.1, -0.05) is 6.07 Å². The third kappa shape index (κ3) is 3.10. The van der Waals surface area contributed by atoms with Crippen molar-refractivity contribution in [3.63, 3.8) is 0 Å². The van der Waals surface area contributed by atoms with Gasteiger partial charge in [-0.2, -0.15) is 0 Å². The van der Waals surface area contributed by atoms with E-state index in [9.17, 15) is 9.59 Å². The van der Waals surface area contributed by atoms with Crippen LogP contribution in [0.1, 0.15) is 42.3 Å². The number of nitrogens with zero attached hydrogens (tertiary/aromatic N) is 1. The number of anilines is 1. The zero-order chi connectivity index (χ0) is 19.0. The summed E-state index contributed by atoms with van der Waals surface area (Å²) in [6.07, 6.45) is 1.81. The van der Waals surface area contributed by atoms with Gasteiger partial charge in [0.05, 0.1) is 25.8 Å². The van der Waals surface area contributed by atoms with Crippen molar-refractivity contribution in [3.05, 3.63) is 39.7 Å². The van der Waals surface area contributed by atoms with Gasteiger partial charge in [0.2, 0.25) is 5.91 Å². The number of rotatable bonds is 4. The molecule has 0 spiro atoms. The molecule has 0 aliphatic carbocycles. The monoisotopic (exact) mass is 373 g/mol. The molecule has 1 fully saturated rings. The number of H-pyrrole nitrogens is 1. The Hall–Kier alpha value is -2.74. The van der Waals surface area contributed by atoms with E-state index in [4.69, 9.17) is 14.2 Å². The lowest BCUT2D eigenvalue weighted by atomic mass is 9.87. The van der Waals surface area contributed by atoms with Crippen molar-refractivity contribution in [1.82, 2.24) is 9.78 Å². The van der Waals surface area contributed by atoms with Crippen molar-refractivity contribution < 1.29 is 19.0 Å². The van der Waals surface area contributed by atoms with E-state index >= 15 is 0 Å². The number of amides is 1. The predicted molar refractivity (Wildman–Crippen MR) is 98.8 cm³/mol. The minimum atomic E-state index is -0.335. The fraction of sp³-hybridized carbons (Fsp3) is 0.474. The molecule has 1 atom stereocenters. The average molecular weight is 373 g/mol. The highest BCUT2D eigenvalue weighted by atomic mass is 16.5. The zero-order valence-corrected chi connectivity index (χ0v) is 15.4. The van der Waals surface area contributed by atoms with Crippen LogP contribution in [0.2, 0.25) is 0 Å². The van der Waals surface area contributed by atoms with Gasteiger partial charge in [0.15, 0.2) is 11.5 Å². The molecule has 1 aromatic heterocycles. The second-order valence-corrected chi connectivity index (χ2v) is 6.84. The number of hydrogen-bond acceptors (Lipinski definition) is 5. The number of hydrogen-bond donors (Lipinski definition) is 2. The summed E-state index contributed by atoms with van der Waals surface area (Å²) in [5.41, 5.74) is 1.27. The van der Waals surface area contributed by atoms with Crippen molar-refractivity contribution in [3.8, 4) is 11.5 Å². The van der Waals surface area contributed by atoms with E-state index in [1.807, 2.05) is 16.8 Å². The van der Waals surface area contributed by atoms with Crippen molar-refractivity contribution in [2.45, 2.75) is 31.2 Å². The fourth-order valence-corrected chi connectivity index (χ4v) is 3.96. The highest BCUT2D eigenvalue weighted by Crippen LogP contribution is 2.39. The van der Waals surface area contributed by atoms with Crippen LogP contribution >= 0.6 is 0 Å². The van der Waals surface area contributed by atoms with Crippen LogP contribution in [-0.2, 0) is 9.53 Å². The predicted octanol–water partition coefficient (Wildman–Crippen LogP) is 2.02. The minimum absolute atomic E-state index is 0.109. The second-order valence-electron chi connectivity index (χ2n) is 6.84.